The Morgan fingerprint density at radius 2 is 1.84 bits per heavy atom. The van der Waals surface area contributed by atoms with Gasteiger partial charge in [-0.15, -0.1) is 0 Å². The number of benzene rings is 2. The van der Waals surface area contributed by atoms with Crippen LogP contribution in [0.5, 0.6) is 11.5 Å². The molecule has 0 amide bonds. The van der Waals surface area contributed by atoms with E-state index in [0.29, 0.717) is 18.9 Å². The number of hydrogen-bond donors (Lipinski definition) is 0. The molecule has 0 N–H and O–H groups in total. The molecule has 25 heavy (non-hydrogen) atoms. The van der Waals surface area contributed by atoms with Crippen molar-refractivity contribution in [2.45, 2.75) is 18.9 Å². The van der Waals surface area contributed by atoms with Crippen LogP contribution >= 0.6 is 7.52 Å². The Hall–Kier alpha value is -1.81. The second-order valence-electron chi connectivity index (χ2n) is 6.31. The molecular weight excluding hydrogens is 337 g/mol. The highest BCUT2D eigenvalue weighted by Gasteiger charge is 2.45. The maximum Gasteiger partial charge on any atom is 0.302 e. The van der Waals surface area contributed by atoms with Gasteiger partial charge in [-0.05, 0) is 48.2 Å². The molecular formula is C19H22NO4P. The van der Waals surface area contributed by atoms with E-state index in [-0.39, 0.29) is 6.04 Å². The summed E-state index contributed by atoms with van der Waals surface area (Å²) < 4.78 is 32.6. The molecule has 4 rings (SSSR count). The summed E-state index contributed by atoms with van der Waals surface area (Å²) in [5, 5.41) is 0.767. The van der Waals surface area contributed by atoms with Crippen LogP contribution in [0.4, 0.5) is 0 Å². The van der Waals surface area contributed by atoms with Gasteiger partial charge in [0.2, 0.25) is 0 Å². The summed E-state index contributed by atoms with van der Waals surface area (Å²) in [5.41, 5.74) is 2.41. The molecule has 2 aromatic rings. The Morgan fingerprint density at radius 1 is 1.12 bits per heavy atom. The lowest BCUT2D eigenvalue weighted by Gasteiger charge is -2.44. The van der Waals surface area contributed by atoms with Gasteiger partial charge in [-0.1, -0.05) is 18.2 Å². The highest BCUT2D eigenvalue weighted by atomic mass is 31.2. The summed E-state index contributed by atoms with van der Waals surface area (Å²) in [4.78, 5) is 0. The van der Waals surface area contributed by atoms with Gasteiger partial charge in [0.15, 0.2) is 11.5 Å². The minimum Gasteiger partial charge on any atom is -0.493 e. The third-order valence-electron chi connectivity index (χ3n) is 5.05. The monoisotopic (exact) mass is 359 g/mol. The molecule has 2 heterocycles. The lowest BCUT2D eigenvalue weighted by molar-refractivity contribution is 0.156. The van der Waals surface area contributed by atoms with Crippen molar-refractivity contribution < 1.29 is 18.6 Å². The maximum absolute atomic E-state index is 13.7. The lowest BCUT2D eigenvalue weighted by atomic mass is 9.92. The second-order valence-corrected chi connectivity index (χ2v) is 8.64. The number of rotatable bonds is 3. The number of hydrogen-bond acceptors (Lipinski definition) is 4. The van der Waals surface area contributed by atoms with Crippen LogP contribution in [-0.4, -0.2) is 32.0 Å². The van der Waals surface area contributed by atoms with Crippen LogP contribution in [0, 0.1) is 0 Å². The quantitative estimate of drug-likeness (QED) is 0.785. The molecule has 0 saturated carbocycles. The summed E-state index contributed by atoms with van der Waals surface area (Å²) in [6, 6.07) is 13.7. The van der Waals surface area contributed by atoms with Crippen molar-refractivity contribution in [1.29, 1.82) is 0 Å². The molecule has 0 spiro atoms. The predicted octanol–water partition coefficient (Wildman–Crippen LogP) is 3.54. The van der Waals surface area contributed by atoms with Crippen molar-refractivity contribution in [3.05, 3.63) is 53.6 Å². The fourth-order valence-electron chi connectivity index (χ4n) is 3.84. The summed E-state index contributed by atoms with van der Waals surface area (Å²) in [6.07, 6.45) is 1.63. The van der Waals surface area contributed by atoms with Crippen LogP contribution in [-0.2, 0) is 15.5 Å². The molecule has 1 saturated heterocycles. The van der Waals surface area contributed by atoms with E-state index in [1.165, 1.54) is 11.1 Å². The average molecular weight is 359 g/mol. The standard InChI is InChI=1S/C19H22NO4P/c1-22-18-12-14-8-10-20-17(16(14)13-19(18)23-2)9-11-24-25(20,21)15-6-4-3-5-7-15/h3-7,12-13,17H,8-11H2,1-2H3. The van der Waals surface area contributed by atoms with Crippen LogP contribution in [0.2, 0.25) is 0 Å². The van der Waals surface area contributed by atoms with Gasteiger partial charge >= 0.3 is 7.52 Å². The van der Waals surface area contributed by atoms with E-state index >= 15 is 0 Å². The first-order valence-corrected chi connectivity index (χ1v) is 10.1. The van der Waals surface area contributed by atoms with Crippen LogP contribution in [0.1, 0.15) is 23.6 Å². The van der Waals surface area contributed by atoms with E-state index < -0.39 is 7.52 Å². The normalized spacial score (nSPS) is 25.8. The summed E-state index contributed by atoms with van der Waals surface area (Å²) in [5.74, 6) is 1.46. The van der Waals surface area contributed by atoms with E-state index in [1.807, 2.05) is 36.4 Å². The Bertz CT molecular complexity index is 824. The van der Waals surface area contributed by atoms with Crippen molar-refractivity contribution in [3.8, 4) is 11.5 Å². The lowest BCUT2D eigenvalue weighted by Crippen LogP contribution is -2.40. The van der Waals surface area contributed by atoms with Gasteiger partial charge < -0.3 is 14.0 Å². The van der Waals surface area contributed by atoms with Crippen molar-refractivity contribution in [3.63, 3.8) is 0 Å². The third-order valence-corrected chi connectivity index (χ3v) is 7.69. The van der Waals surface area contributed by atoms with Crippen molar-refractivity contribution in [2.75, 3.05) is 27.4 Å². The molecule has 0 aromatic heterocycles. The van der Waals surface area contributed by atoms with Gasteiger partial charge in [0.05, 0.1) is 26.1 Å². The van der Waals surface area contributed by atoms with Crippen molar-refractivity contribution in [1.82, 2.24) is 4.67 Å². The number of methoxy groups -OCH3 is 2. The van der Waals surface area contributed by atoms with Crippen LogP contribution in [0.3, 0.4) is 0 Å². The summed E-state index contributed by atoms with van der Waals surface area (Å²) in [7, 11) is 0.259. The molecule has 0 aliphatic carbocycles. The first-order valence-electron chi connectivity index (χ1n) is 8.49. The van der Waals surface area contributed by atoms with E-state index in [4.69, 9.17) is 14.0 Å². The Balaban J connectivity index is 1.78. The minimum absolute atomic E-state index is 0.0725. The summed E-state index contributed by atoms with van der Waals surface area (Å²) in [6.45, 7) is 1.19. The van der Waals surface area contributed by atoms with E-state index in [9.17, 15) is 4.57 Å². The molecule has 5 nitrogen and oxygen atoms in total. The molecule has 0 bridgehead atoms. The molecule has 0 radical (unpaired) electrons. The van der Waals surface area contributed by atoms with E-state index in [0.717, 1.165) is 23.9 Å². The predicted molar refractivity (Wildman–Crippen MR) is 96.9 cm³/mol. The largest absolute Gasteiger partial charge is 0.493 e. The second kappa shape index (κ2) is 6.49. The molecule has 2 aliphatic rings. The zero-order valence-corrected chi connectivity index (χ0v) is 15.4. The molecule has 2 aromatic carbocycles. The molecule has 1 fully saturated rings. The van der Waals surface area contributed by atoms with Gasteiger partial charge in [-0.2, -0.15) is 0 Å². The summed E-state index contributed by atoms with van der Waals surface area (Å²) >= 11 is 0. The molecule has 2 unspecified atom stereocenters. The maximum atomic E-state index is 13.7. The van der Waals surface area contributed by atoms with Crippen LogP contribution in [0.25, 0.3) is 0 Å². The molecule has 2 atom stereocenters. The Morgan fingerprint density at radius 3 is 2.56 bits per heavy atom. The minimum atomic E-state index is -3.03. The Kier molecular flexibility index (Phi) is 4.32. The number of fused-ring (bicyclic) bond motifs is 3. The van der Waals surface area contributed by atoms with E-state index in [1.54, 1.807) is 14.2 Å². The van der Waals surface area contributed by atoms with Gasteiger partial charge in [0.1, 0.15) is 0 Å². The fourth-order valence-corrected chi connectivity index (χ4v) is 6.30. The average Bonchev–Trinajstić information content (AvgIpc) is 2.67. The number of nitrogens with zero attached hydrogens (tertiary/aromatic N) is 1. The fraction of sp³-hybridized carbons (Fsp3) is 0.368. The highest BCUT2D eigenvalue weighted by molar-refractivity contribution is 7.64. The molecule has 132 valence electrons. The zero-order chi connectivity index (χ0) is 17.4. The van der Waals surface area contributed by atoms with Crippen molar-refractivity contribution in [2.24, 2.45) is 0 Å². The van der Waals surface area contributed by atoms with Crippen LogP contribution in [0.15, 0.2) is 42.5 Å². The van der Waals surface area contributed by atoms with Gasteiger partial charge in [-0.3, -0.25) is 4.57 Å². The molecule has 2 aliphatic heterocycles. The Labute approximate surface area is 148 Å². The topological polar surface area (TPSA) is 48.0 Å². The third kappa shape index (κ3) is 2.67. The number of ether oxygens (including phenoxy) is 2. The van der Waals surface area contributed by atoms with Gasteiger partial charge in [-0.25, -0.2) is 4.67 Å². The van der Waals surface area contributed by atoms with Crippen molar-refractivity contribution >= 4 is 12.8 Å². The first kappa shape index (κ1) is 16.6. The zero-order valence-electron chi connectivity index (χ0n) is 14.5. The van der Waals surface area contributed by atoms with Gasteiger partial charge in [0, 0.05) is 12.6 Å². The smallest absolute Gasteiger partial charge is 0.302 e. The highest BCUT2D eigenvalue weighted by Crippen LogP contribution is 2.59. The van der Waals surface area contributed by atoms with E-state index in [2.05, 4.69) is 10.7 Å². The SMILES string of the molecule is COc1cc2c(cc1OC)C1CCOP(=O)(c3ccccc3)N1CC2. The first-order chi connectivity index (χ1) is 12.2. The van der Waals surface area contributed by atoms with Gasteiger partial charge in [0.25, 0.3) is 0 Å². The van der Waals surface area contributed by atoms with Crippen LogP contribution < -0.4 is 14.8 Å². The molecule has 6 heteroatoms.